The summed E-state index contributed by atoms with van der Waals surface area (Å²) in [5.41, 5.74) is 2.18. The first-order chi connectivity index (χ1) is 9.26. The summed E-state index contributed by atoms with van der Waals surface area (Å²) < 4.78 is 11.4. The first-order valence-corrected chi connectivity index (χ1v) is 6.42. The maximum absolute atomic E-state index is 9.12. The maximum atomic E-state index is 9.12. The summed E-state index contributed by atoms with van der Waals surface area (Å²) >= 11 is 3.35. The molecule has 1 aliphatic heterocycles. The van der Waals surface area contributed by atoms with Crippen LogP contribution in [0.3, 0.4) is 0 Å². The SMILES string of the molecule is N#Cc1cc(Br)ccc1Nc1ccc2c(c1)OCO2. The van der Waals surface area contributed by atoms with Crippen LogP contribution in [0.5, 0.6) is 11.5 Å². The fraction of sp³-hybridized carbons (Fsp3) is 0.0714. The Bertz CT molecular complexity index is 680. The van der Waals surface area contributed by atoms with E-state index in [0.29, 0.717) is 11.3 Å². The number of ether oxygens (including phenoxy) is 2. The third kappa shape index (κ3) is 2.35. The topological polar surface area (TPSA) is 54.3 Å². The molecule has 0 saturated heterocycles. The van der Waals surface area contributed by atoms with Crippen LogP contribution in [0.2, 0.25) is 0 Å². The van der Waals surface area contributed by atoms with Gasteiger partial charge in [0.2, 0.25) is 6.79 Å². The van der Waals surface area contributed by atoms with Crippen LogP contribution < -0.4 is 14.8 Å². The van der Waals surface area contributed by atoms with Gasteiger partial charge in [0.05, 0.1) is 11.3 Å². The molecule has 2 aromatic carbocycles. The molecule has 0 spiro atoms. The smallest absolute Gasteiger partial charge is 0.231 e. The quantitative estimate of drug-likeness (QED) is 0.915. The highest BCUT2D eigenvalue weighted by atomic mass is 79.9. The highest BCUT2D eigenvalue weighted by molar-refractivity contribution is 9.10. The molecule has 1 aliphatic rings. The van der Waals surface area contributed by atoms with Crippen molar-refractivity contribution in [3.05, 3.63) is 46.4 Å². The van der Waals surface area contributed by atoms with Gasteiger partial charge in [-0.05, 0) is 30.3 Å². The first-order valence-electron chi connectivity index (χ1n) is 5.62. The summed E-state index contributed by atoms with van der Waals surface area (Å²) in [6.07, 6.45) is 0. The molecule has 0 atom stereocenters. The van der Waals surface area contributed by atoms with Crippen LogP contribution in [0.25, 0.3) is 0 Å². The van der Waals surface area contributed by atoms with Gasteiger partial charge in [-0.25, -0.2) is 0 Å². The zero-order valence-corrected chi connectivity index (χ0v) is 11.4. The molecule has 1 heterocycles. The number of hydrogen-bond acceptors (Lipinski definition) is 4. The molecule has 4 nitrogen and oxygen atoms in total. The van der Waals surface area contributed by atoms with E-state index in [9.17, 15) is 0 Å². The van der Waals surface area contributed by atoms with Gasteiger partial charge in [0.25, 0.3) is 0 Å². The van der Waals surface area contributed by atoms with Crippen molar-refractivity contribution in [1.29, 1.82) is 5.26 Å². The van der Waals surface area contributed by atoms with Crippen LogP contribution in [0.1, 0.15) is 5.56 Å². The van der Waals surface area contributed by atoms with Crippen molar-refractivity contribution in [2.24, 2.45) is 0 Å². The van der Waals surface area contributed by atoms with Gasteiger partial charge in [0, 0.05) is 16.2 Å². The summed E-state index contributed by atoms with van der Waals surface area (Å²) in [5, 5.41) is 12.3. The molecule has 19 heavy (non-hydrogen) atoms. The van der Waals surface area contributed by atoms with Crippen molar-refractivity contribution in [1.82, 2.24) is 0 Å². The standard InChI is InChI=1S/C14H9BrN2O2/c15-10-1-3-12(9(5-10)7-16)17-11-2-4-13-14(6-11)19-8-18-13/h1-6,17H,8H2. The molecule has 2 aromatic rings. The Morgan fingerprint density at radius 2 is 1.95 bits per heavy atom. The predicted molar refractivity (Wildman–Crippen MR) is 74.7 cm³/mol. The van der Waals surface area contributed by atoms with Crippen LogP contribution in [0.4, 0.5) is 11.4 Å². The van der Waals surface area contributed by atoms with Gasteiger partial charge < -0.3 is 14.8 Å². The minimum atomic E-state index is 0.251. The van der Waals surface area contributed by atoms with E-state index in [2.05, 4.69) is 27.3 Å². The number of nitrogens with zero attached hydrogens (tertiary/aromatic N) is 1. The van der Waals surface area contributed by atoms with E-state index in [4.69, 9.17) is 14.7 Å². The molecule has 0 bridgehead atoms. The molecule has 0 saturated carbocycles. The van der Waals surface area contributed by atoms with E-state index in [1.165, 1.54) is 0 Å². The van der Waals surface area contributed by atoms with E-state index in [1.807, 2.05) is 30.3 Å². The Morgan fingerprint density at radius 1 is 1.11 bits per heavy atom. The molecule has 5 heteroatoms. The van der Waals surface area contributed by atoms with E-state index >= 15 is 0 Å². The van der Waals surface area contributed by atoms with E-state index < -0.39 is 0 Å². The number of hydrogen-bond donors (Lipinski definition) is 1. The predicted octanol–water partition coefficient (Wildman–Crippen LogP) is 3.79. The number of anilines is 2. The molecule has 0 radical (unpaired) electrons. The lowest BCUT2D eigenvalue weighted by Crippen LogP contribution is -1.94. The van der Waals surface area contributed by atoms with Gasteiger partial charge in [-0.2, -0.15) is 5.26 Å². The van der Waals surface area contributed by atoms with Crippen molar-refractivity contribution in [2.75, 3.05) is 12.1 Å². The Morgan fingerprint density at radius 3 is 2.79 bits per heavy atom. The average molecular weight is 317 g/mol. The summed E-state index contributed by atoms with van der Waals surface area (Å²) in [6.45, 7) is 0.251. The van der Waals surface area contributed by atoms with Crippen LogP contribution in [0.15, 0.2) is 40.9 Å². The molecule has 0 aliphatic carbocycles. The van der Waals surface area contributed by atoms with E-state index in [-0.39, 0.29) is 6.79 Å². The van der Waals surface area contributed by atoms with Crippen molar-refractivity contribution in [3.8, 4) is 17.6 Å². The summed E-state index contributed by atoms with van der Waals surface area (Å²) in [5.74, 6) is 1.45. The number of benzene rings is 2. The third-order valence-electron chi connectivity index (χ3n) is 2.75. The third-order valence-corrected chi connectivity index (χ3v) is 3.25. The fourth-order valence-corrected chi connectivity index (χ4v) is 2.21. The second-order valence-corrected chi connectivity index (χ2v) is 4.91. The Hall–Kier alpha value is -2.19. The van der Waals surface area contributed by atoms with Crippen molar-refractivity contribution < 1.29 is 9.47 Å². The molecule has 0 unspecified atom stereocenters. The van der Waals surface area contributed by atoms with Crippen LogP contribution in [0, 0.1) is 11.3 Å². The normalized spacial score (nSPS) is 12.0. The lowest BCUT2D eigenvalue weighted by atomic mass is 10.2. The molecule has 94 valence electrons. The van der Waals surface area contributed by atoms with Gasteiger partial charge in [-0.15, -0.1) is 0 Å². The van der Waals surface area contributed by atoms with Crippen molar-refractivity contribution in [3.63, 3.8) is 0 Å². The minimum Gasteiger partial charge on any atom is -0.454 e. The van der Waals surface area contributed by atoms with Crippen molar-refractivity contribution in [2.45, 2.75) is 0 Å². The lowest BCUT2D eigenvalue weighted by molar-refractivity contribution is 0.174. The first kappa shape index (κ1) is 11.9. The minimum absolute atomic E-state index is 0.251. The maximum Gasteiger partial charge on any atom is 0.231 e. The van der Waals surface area contributed by atoms with Crippen molar-refractivity contribution >= 4 is 27.3 Å². The second-order valence-electron chi connectivity index (χ2n) is 3.99. The van der Waals surface area contributed by atoms with Gasteiger partial charge >= 0.3 is 0 Å². The molecule has 1 N–H and O–H groups in total. The summed E-state index contributed by atoms with van der Waals surface area (Å²) in [6, 6.07) is 13.3. The average Bonchev–Trinajstić information content (AvgIpc) is 2.88. The second kappa shape index (κ2) is 4.82. The summed E-state index contributed by atoms with van der Waals surface area (Å²) in [4.78, 5) is 0. The molecular formula is C14H9BrN2O2. The number of nitriles is 1. The van der Waals surface area contributed by atoms with Gasteiger partial charge in [0.15, 0.2) is 11.5 Å². The van der Waals surface area contributed by atoms with Gasteiger partial charge in [-0.1, -0.05) is 15.9 Å². The Labute approximate surface area is 118 Å². The fourth-order valence-electron chi connectivity index (χ4n) is 1.85. The highest BCUT2D eigenvalue weighted by Crippen LogP contribution is 2.35. The highest BCUT2D eigenvalue weighted by Gasteiger charge is 2.13. The number of halogens is 1. The number of fused-ring (bicyclic) bond motifs is 1. The van der Waals surface area contributed by atoms with E-state index in [0.717, 1.165) is 21.6 Å². The monoisotopic (exact) mass is 316 g/mol. The van der Waals surface area contributed by atoms with Crippen LogP contribution in [-0.2, 0) is 0 Å². The Balaban J connectivity index is 1.92. The Kier molecular flexibility index (Phi) is 3.02. The molecule has 0 amide bonds. The number of nitrogens with one attached hydrogen (secondary N) is 1. The summed E-state index contributed by atoms with van der Waals surface area (Å²) in [7, 11) is 0. The van der Waals surface area contributed by atoms with Gasteiger partial charge in [0.1, 0.15) is 6.07 Å². The van der Waals surface area contributed by atoms with Gasteiger partial charge in [-0.3, -0.25) is 0 Å². The molecule has 0 fully saturated rings. The molecule has 0 aromatic heterocycles. The van der Waals surface area contributed by atoms with Crippen LogP contribution in [-0.4, -0.2) is 6.79 Å². The molecular weight excluding hydrogens is 308 g/mol. The van der Waals surface area contributed by atoms with Crippen LogP contribution >= 0.6 is 15.9 Å². The van der Waals surface area contributed by atoms with E-state index in [1.54, 1.807) is 6.07 Å². The largest absolute Gasteiger partial charge is 0.454 e. The lowest BCUT2D eigenvalue weighted by Gasteiger charge is -2.09. The zero-order valence-electron chi connectivity index (χ0n) is 9.81. The molecule has 3 rings (SSSR count). The number of rotatable bonds is 2. The zero-order chi connectivity index (χ0) is 13.2.